The third kappa shape index (κ3) is 3.34. The van der Waals surface area contributed by atoms with Gasteiger partial charge in [0.05, 0.1) is 8.66 Å². The van der Waals surface area contributed by atoms with Crippen molar-refractivity contribution in [1.29, 1.82) is 0 Å². The molecule has 0 radical (unpaired) electrons. The highest BCUT2D eigenvalue weighted by atomic mass is 79.9. The Morgan fingerprint density at radius 3 is 2.62 bits per heavy atom. The molecule has 1 nitrogen and oxygen atoms in total. The van der Waals surface area contributed by atoms with Gasteiger partial charge in [0.2, 0.25) is 0 Å². The van der Waals surface area contributed by atoms with Gasteiger partial charge in [-0.3, -0.25) is 4.79 Å². The van der Waals surface area contributed by atoms with Gasteiger partial charge in [-0.25, -0.2) is 0 Å². The van der Waals surface area contributed by atoms with E-state index in [1.807, 2.05) is 17.8 Å². The van der Waals surface area contributed by atoms with Crippen LogP contribution in [0.4, 0.5) is 0 Å². The Bertz CT molecular complexity index is 364. The van der Waals surface area contributed by atoms with Crippen LogP contribution < -0.4 is 0 Å². The summed E-state index contributed by atoms with van der Waals surface area (Å²) in [5.74, 6) is 3.34. The summed E-state index contributed by atoms with van der Waals surface area (Å²) < 4.78 is 2.00. The molecule has 1 aliphatic rings. The third-order valence-corrected chi connectivity index (χ3v) is 7.08. The summed E-state index contributed by atoms with van der Waals surface area (Å²) in [6, 6.07) is 1.93. The maximum absolute atomic E-state index is 12.0. The van der Waals surface area contributed by atoms with Gasteiger partial charge in [0, 0.05) is 10.9 Å². The summed E-state index contributed by atoms with van der Waals surface area (Å²) in [5.41, 5.74) is 0. The number of halogens is 2. The fourth-order valence-electron chi connectivity index (χ4n) is 1.80. The third-order valence-electron chi connectivity index (χ3n) is 2.73. The Morgan fingerprint density at radius 1 is 1.38 bits per heavy atom. The second-order valence-corrected chi connectivity index (χ2v) is 8.36. The van der Waals surface area contributed by atoms with Gasteiger partial charge in [-0.05, 0) is 68.2 Å². The van der Waals surface area contributed by atoms with Crippen molar-refractivity contribution in [2.45, 2.75) is 19.3 Å². The van der Waals surface area contributed by atoms with Crippen LogP contribution in [0.25, 0.3) is 0 Å². The van der Waals surface area contributed by atoms with Crippen LogP contribution in [-0.4, -0.2) is 17.3 Å². The molecule has 2 heterocycles. The van der Waals surface area contributed by atoms with Crippen LogP contribution in [0.2, 0.25) is 0 Å². The van der Waals surface area contributed by atoms with Gasteiger partial charge in [0.25, 0.3) is 0 Å². The van der Waals surface area contributed by atoms with Crippen LogP contribution >= 0.6 is 55.0 Å². The molecular weight excluding hydrogens is 372 g/mol. The van der Waals surface area contributed by atoms with Gasteiger partial charge in [-0.2, -0.15) is 11.8 Å². The Labute approximate surface area is 121 Å². The lowest BCUT2D eigenvalue weighted by atomic mass is 9.96. The lowest BCUT2D eigenvalue weighted by molar-refractivity contribution is 0.0962. The first-order chi connectivity index (χ1) is 7.66. The van der Waals surface area contributed by atoms with Gasteiger partial charge in [-0.15, -0.1) is 11.3 Å². The zero-order valence-corrected chi connectivity index (χ0v) is 13.5. The number of carbonyl (C=O) groups excluding carboxylic acids is 1. The Hall–Kier alpha value is 0.680. The van der Waals surface area contributed by atoms with Crippen LogP contribution in [0.5, 0.6) is 0 Å². The molecule has 0 bridgehead atoms. The normalized spacial score (nSPS) is 17.6. The van der Waals surface area contributed by atoms with Gasteiger partial charge < -0.3 is 0 Å². The molecule has 5 heteroatoms. The van der Waals surface area contributed by atoms with Crippen molar-refractivity contribution in [2.24, 2.45) is 5.92 Å². The van der Waals surface area contributed by atoms with Crippen molar-refractivity contribution < 1.29 is 4.79 Å². The van der Waals surface area contributed by atoms with Crippen LogP contribution in [0, 0.1) is 5.92 Å². The summed E-state index contributed by atoms with van der Waals surface area (Å²) in [5, 5.41) is 0. The monoisotopic (exact) mass is 382 g/mol. The van der Waals surface area contributed by atoms with Gasteiger partial charge in [0.15, 0.2) is 5.78 Å². The standard InChI is InChI=1S/C11H12Br2OS2/c12-8-6-10(16-11(8)13)9(14)5-7-1-3-15-4-2-7/h6-7H,1-5H2. The predicted octanol–water partition coefficient (Wildman–Crippen LogP) is 4.99. The summed E-state index contributed by atoms with van der Waals surface area (Å²) in [4.78, 5) is 12.9. The van der Waals surface area contributed by atoms with E-state index >= 15 is 0 Å². The zero-order valence-electron chi connectivity index (χ0n) is 8.67. The molecular formula is C11H12Br2OS2. The Balaban J connectivity index is 1.96. The quantitative estimate of drug-likeness (QED) is 0.684. The van der Waals surface area contributed by atoms with Crippen molar-refractivity contribution >= 4 is 60.7 Å². The molecule has 1 aliphatic heterocycles. The van der Waals surface area contributed by atoms with E-state index in [0.29, 0.717) is 11.7 Å². The van der Waals surface area contributed by atoms with Crippen LogP contribution in [0.3, 0.4) is 0 Å². The van der Waals surface area contributed by atoms with Crippen molar-refractivity contribution in [3.8, 4) is 0 Å². The molecule has 2 rings (SSSR count). The topological polar surface area (TPSA) is 17.1 Å². The highest BCUT2D eigenvalue weighted by Crippen LogP contribution is 2.34. The fraction of sp³-hybridized carbons (Fsp3) is 0.545. The first kappa shape index (κ1) is 13.1. The molecule has 1 saturated heterocycles. The molecule has 1 fully saturated rings. The lowest BCUT2D eigenvalue weighted by Gasteiger charge is -2.19. The highest BCUT2D eigenvalue weighted by Gasteiger charge is 2.19. The summed E-state index contributed by atoms with van der Waals surface area (Å²) in [6.07, 6.45) is 3.12. The van der Waals surface area contributed by atoms with E-state index in [0.717, 1.165) is 19.6 Å². The first-order valence-electron chi connectivity index (χ1n) is 5.22. The van der Waals surface area contributed by atoms with E-state index in [4.69, 9.17) is 0 Å². The number of thioether (sulfide) groups is 1. The summed E-state index contributed by atoms with van der Waals surface area (Å²) in [6.45, 7) is 0. The summed E-state index contributed by atoms with van der Waals surface area (Å²) >= 11 is 10.4. The van der Waals surface area contributed by atoms with E-state index in [1.165, 1.54) is 35.7 Å². The number of Topliss-reactive ketones (excluding diaryl/α,β-unsaturated/α-hetero) is 1. The molecule has 0 amide bonds. The molecule has 0 aromatic carbocycles. The molecule has 0 saturated carbocycles. The Kier molecular flexibility index (Phi) is 4.94. The molecule has 16 heavy (non-hydrogen) atoms. The second-order valence-electron chi connectivity index (χ2n) is 3.92. The smallest absolute Gasteiger partial charge is 0.173 e. The van der Waals surface area contributed by atoms with Crippen molar-refractivity contribution in [2.75, 3.05) is 11.5 Å². The van der Waals surface area contributed by atoms with E-state index in [9.17, 15) is 4.79 Å². The van der Waals surface area contributed by atoms with E-state index in [-0.39, 0.29) is 0 Å². The number of hydrogen-bond donors (Lipinski definition) is 0. The summed E-state index contributed by atoms with van der Waals surface area (Å²) in [7, 11) is 0. The molecule has 0 spiro atoms. The highest BCUT2D eigenvalue weighted by molar-refractivity contribution is 9.13. The van der Waals surface area contributed by atoms with E-state index < -0.39 is 0 Å². The molecule has 1 aromatic heterocycles. The minimum Gasteiger partial charge on any atom is -0.293 e. The molecule has 1 aromatic rings. The maximum Gasteiger partial charge on any atom is 0.173 e. The van der Waals surface area contributed by atoms with Crippen LogP contribution in [0.1, 0.15) is 28.9 Å². The van der Waals surface area contributed by atoms with Crippen LogP contribution in [-0.2, 0) is 0 Å². The lowest BCUT2D eigenvalue weighted by Crippen LogP contribution is -2.13. The van der Waals surface area contributed by atoms with Gasteiger partial charge >= 0.3 is 0 Å². The predicted molar refractivity (Wildman–Crippen MR) is 78.7 cm³/mol. The molecule has 0 atom stereocenters. The molecule has 0 aliphatic carbocycles. The first-order valence-corrected chi connectivity index (χ1v) is 8.78. The molecule has 0 unspecified atom stereocenters. The van der Waals surface area contributed by atoms with Crippen molar-refractivity contribution in [3.63, 3.8) is 0 Å². The average molecular weight is 384 g/mol. The van der Waals surface area contributed by atoms with E-state index in [2.05, 4.69) is 31.9 Å². The van der Waals surface area contributed by atoms with Crippen molar-refractivity contribution in [3.05, 3.63) is 19.2 Å². The number of ketones is 1. The second kappa shape index (κ2) is 6.03. The largest absolute Gasteiger partial charge is 0.293 e. The fourth-order valence-corrected chi connectivity index (χ4v) is 4.99. The minimum atomic E-state index is 0.299. The van der Waals surface area contributed by atoms with E-state index in [1.54, 1.807) is 0 Å². The number of rotatable bonds is 3. The number of hydrogen-bond acceptors (Lipinski definition) is 3. The number of carbonyl (C=O) groups is 1. The SMILES string of the molecule is O=C(CC1CCSCC1)c1cc(Br)c(Br)s1. The average Bonchev–Trinajstić information content (AvgIpc) is 2.61. The molecule has 0 N–H and O–H groups in total. The van der Waals surface area contributed by atoms with Gasteiger partial charge in [0.1, 0.15) is 0 Å². The number of thiophene rings is 1. The van der Waals surface area contributed by atoms with Crippen molar-refractivity contribution in [1.82, 2.24) is 0 Å². The zero-order chi connectivity index (χ0) is 11.5. The molecule has 88 valence electrons. The minimum absolute atomic E-state index is 0.299. The Morgan fingerprint density at radius 2 is 2.06 bits per heavy atom. The van der Waals surface area contributed by atoms with Crippen LogP contribution in [0.15, 0.2) is 14.3 Å². The maximum atomic E-state index is 12.0. The van der Waals surface area contributed by atoms with Gasteiger partial charge in [-0.1, -0.05) is 0 Å².